The Hall–Kier alpha value is -9.11. The Labute approximate surface area is 381 Å². The molecule has 0 radical (unpaired) electrons. The highest BCUT2D eigenvalue weighted by molar-refractivity contribution is 6.16. The lowest BCUT2D eigenvalue weighted by atomic mass is 9.83. The van der Waals surface area contributed by atoms with Gasteiger partial charge in [-0.05, 0) is 65.7 Å². The summed E-state index contributed by atoms with van der Waals surface area (Å²) in [5, 5.41) is 16.6. The van der Waals surface area contributed by atoms with Crippen LogP contribution < -0.4 is 9.64 Å². The van der Waals surface area contributed by atoms with Gasteiger partial charge >= 0.3 is 0 Å². The second-order valence-electron chi connectivity index (χ2n) is 16.7. The number of para-hydroxylation sites is 9. The monoisotopic (exact) mass is 842 g/mol. The van der Waals surface area contributed by atoms with E-state index in [0.29, 0.717) is 5.56 Å². The van der Waals surface area contributed by atoms with Gasteiger partial charge in [0.15, 0.2) is 11.5 Å². The number of hydrogen-bond donors (Lipinski definition) is 0. The quantitative estimate of drug-likeness (QED) is 0.168. The zero-order chi connectivity index (χ0) is 43.7. The zero-order valence-electron chi connectivity index (χ0n) is 35.6. The Bertz CT molecular complexity index is 3600. The van der Waals surface area contributed by atoms with Crippen molar-refractivity contribution in [1.82, 2.24) is 9.13 Å². The van der Waals surface area contributed by atoms with E-state index in [1.54, 1.807) is 0 Å². The van der Waals surface area contributed by atoms with E-state index in [-0.39, 0.29) is 0 Å². The van der Waals surface area contributed by atoms with Crippen LogP contribution in [-0.4, -0.2) is 9.13 Å². The van der Waals surface area contributed by atoms with Crippen LogP contribution in [0.25, 0.3) is 88.4 Å². The van der Waals surface area contributed by atoms with Crippen molar-refractivity contribution in [3.63, 3.8) is 0 Å². The molecule has 0 saturated carbocycles. The lowest BCUT2D eigenvalue weighted by Gasteiger charge is -2.35. The predicted octanol–water partition coefficient (Wildman–Crippen LogP) is 16.3. The molecule has 5 nitrogen and oxygen atoms in total. The molecule has 13 rings (SSSR count). The van der Waals surface area contributed by atoms with Crippen molar-refractivity contribution in [1.29, 1.82) is 5.26 Å². The first-order chi connectivity index (χ1) is 32.8. The summed E-state index contributed by atoms with van der Waals surface area (Å²) in [5.41, 5.74) is 14.9. The number of aromatic nitrogens is 2. The van der Waals surface area contributed by atoms with Crippen LogP contribution in [0.3, 0.4) is 0 Å². The first-order valence-electron chi connectivity index (χ1n) is 22.3. The van der Waals surface area contributed by atoms with Crippen LogP contribution in [0.5, 0.6) is 11.5 Å². The Balaban J connectivity index is 1.34. The van der Waals surface area contributed by atoms with Crippen LogP contribution in [0, 0.1) is 11.3 Å². The average Bonchev–Trinajstić information content (AvgIpc) is 3.90. The van der Waals surface area contributed by atoms with E-state index in [1.807, 2.05) is 36.4 Å². The van der Waals surface area contributed by atoms with Crippen molar-refractivity contribution in [2.75, 3.05) is 4.90 Å². The second-order valence-corrected chi connectivity index (χ2v) is 16.7. The molecule has 0 saturated heterocycles. The minimum atomic E-state index is 0.587. The molecule has 10 aromatic carbocycles. The highest BCUT2D eigenvalue weighted by atomic mass is 16.5. The van der Waals surface area contributed by atoms with Crippen molar-refractivity contribution in [2.24, 2.45) is 0 Å². The first kappa shape index (κ1) is 37.4. The van der Waals surface area contributed by atoms with Crippen molar-refractivity contribution >= 4 is 60.7 Å². The molecule has 66 heavy (non-hydrogen) atoms. The second kappa shape index (κ2) is 15.0. The van der Waals surface area contributed by atoms with Crippen molar-refractivity contribution < 1.29 is 4.74 Å². The predicted molar refractivity (Wildman–Crippen MR) is 271 cm³/mol. The van der Waals surface area contributed by atoms with Gasteiger partial charge in [0.1, 0.15) is 6.07 Å². The van der Waals surface area contributed by atoms with Crippen LogP contribution in [0.4, 0.5) is 17.1 Å². The lowest BCUT2D eigenvalue weighted by molar-refractivity contribution is 0.477. The van der Waals surface area contributed by atoms with Gasteiger partial charge in [-0.3, -0.25) is 0 Å². The van der Waals surface area contributed by atoms with E-state index in [0.717, 1.165) is 117 Å². The van der Waals surface area contributed by atoms with E-state index in [1.165, 1.54) is 0 Å². The minimum absolute atomic E-state index is 0.587. The number of nitrogens with zero attached hydrogens (tertiary/aromatic N) is 4. The smallest absolute Gasteiger partial charge is 0.151 e. The summed E-state index contributed by atoms with van der Waals surface area (Å²) in [6, 6.07) is 83.8. The molecule has 0 fully saturated rings. The number of anilines is 3. The molecule has 0 aliphatic carbocycles. The Morgan fingerprint density at radius 1 is 0.333 bits per heavy atom. The highest BCUT2D eigenvalue weighted by Gasteiger charge is 2.35. The van der Waals surface area contributed by atoms with E-state index in [2.05, 4.69) is 214 Å². The molecule has 0 atom stereocenters. The number of nitriles is 1. The van der Waals surface area contributed by atoms with Gasteiger partial charge in [0, 0.05) is 43.8 Å². The van der Waals surface area contributed by atoms with Crippen LogP contribution >= 0.6 is 0 Å². The summed E-state index contributed by atoms with van der Waals surface area (Å²) < 4.78 is 11.5. The maximum Gasteiger partial charge on any atom is 0.151 e. The van der Waals surface area contributed by atoms with Gasteiger partial charge in [-0.25, -0.2) is 0 Å². The van der Waals surface area contributed by atoms with E-state index >= 15 is 0 Å². The summed E-state index contributed by atoms with van der Waals surface area (Å²) >= 11 is 0. The van der Waals surface area contributed by atoms with Gasteiger partial charge in [0.2, 0.25) is 0 Å². The molecule has 0 bridgehead atoms. The maximum atomic E-state index is 12.1. The molecule has 0 N–H and O–H groups in total. The van der Waals surface area contributed by atoms with Gasteiger partial charge in [0.25, 0.3) is 0 Å². The van der Waals surface area contributed by atoms with E-state index in [9.17, 15) is 5.26 Å². The molecule has 0 amide bonds. The Kier molecular flexibility index (Phi) is 8.52. The summed E-state index contributed by atoms with van der Waals surface area (Å²) in [5.74, 6) is 1.54. The topological polar surface area (TPSA) is 46.1 Å². The number of rotatable bonds is 6. The lowest BCUT2D eigenvalue weighted by Crippen LogP contribution is -2.17. The standard InChI is InChI=1S/C61H38N4O/c62-39-47-57(40-21-3-1-4-22-40)60(64-48-30-12-7-25-42(48)43-26-8-13-31-49(43)64)59(46-29-11-16-34-52(46)63-53-35-17-19-37-55(53)66-56-38-20-18-36-54(56)63)61(58(47)41-23-5-2-6-24-41)65-50-32-14-9-27-44(50)45-28-10-15-33-51(45)65/h1-38H. The fraction of sp³-hybridized carbons (Fsp3) is 0. The third kappa shape index (κ3) is 5.52. The normalized spacial score (nSPS) is 12.0. The SMILES string of the molecule is N#Cc1c(-c2ccccc2)c(-n2c3ccccc3c3ccccc32)c(-c2ccccc2N2c3ccccc3Oc3ccccc32)c(-n2c3ccccc3c3ccccc32)c1-c1ccccc1. The van der Waals surface area contributed by atoms with Gasteiger partial charge in [-0.15, -0.1) is 0 Å². The maximum absolute atomic E-state index is 12.1. The molecule has 0 unspecified atom stereocenters. The molecule has 3 heterocycles. The molecular weight excluding hydrogens is 805 g/mol. The Morgan fingerprint density at radius 3 is 1.11 bits per heavy atom. The molecule has 1 aliphatic heterocycles. The summed E-state index contributed by atoms with van der Waals surface area (Å²) in [6.07, 6.45) is 0. The van der Waals surface area contributed by atoms with Gasteiger partial charge in [-0.2, -0.15) is 5.26 Å². The van der Waals surface area contributed by atoms with Crippen LogP contribution in [-0.2, 0) is 0 Å². The van der Waals surface area contributed by atoms with Crippen LogP contribution in [0.2, 0.25) is 0 Å². The van der Waals surface area contributed by atoms with Crippen molar-refractivity contribution in [3.05, 3.63) is 236 Å². The molecule has 2 aromatic heterocycles. The molecule has 0 spiro atoms. The van der Waals surface area contributed by atoms with Crippen LogP contribution in [0.15, 0.2) is 231 Å². The van der Waals surface area contributed by atoms with Crippen molar-refractivity contribution in [2.45, 2.75) is 0 Å². The molecule has 12 aromatic rings. The Morgan fingerprint density at radius 2 is 0.682 bits per heavy atom. The molecular formula is C61H38N4O. The first-order valence-corrected chi connectivity index (χ1v) is 22.3. The third-order valence-electron chi connectivity index (χ3n) is 13.1. The zero-order valence-corrected chi connectivity index (χ0v) is 35.6. The average molecular weight is 843 g/mol. The summed E-state index contributed by atoms with van der Waals surface area (Å²) in [6.45, 7) is 0. The fourth-order valence-corrected chi connectivity index (χ4v) is 10.5. The molecule has 308 valence electrons. The van der Waals surface area contributed by atoms with E-state index < -0.39 is 0 Å². The van der Waals surface area contributed by atoms with Gasteiger partial charge in [0.05, 0.1) is 56.1 Å². The summed E-state index contributed by atoms with van der Waals surface area (Å²) in [7, 11) is 0. The fourth-order valence-electron chi connectivity index (χ4n) is 10.5. The van der Waals surface area contributed by atoms with E-state index in [4.69, 9.17) is 4.74 Å². The number of ether oxygens (including phenoxy) is 1. The number of fused-ring (bicyclic) bond motifs is 8. The number of hydrogen-bond acceptors (Lipinski definition) is 3. The molecule has 1 aliphatic rings. The number of benzene rings is 10. The highest BCUT2D eigenvalue weighted by Crippen LogP contribution is 2.57. The minimum Gasteiger partial charge on any atom is -0.453 e. The van der Waals surface area contributed by atoms with Crippen molar-refractivity contribution in [3.8, 4) is 62.3 Å². The summed E-state index contributed by atoms with van der Waals surface area (Å²) in [4.78, 5) is 2.34. The van der Waals surface area contributed by atoms with Gasteiger partial charge in [-0.1, -0.05) is 176 Å². The molecule has 5 heteroatoms. The largest absolute Gasteiger partial charge is 0.453 e. The van der Waals surface area contributed by atoms with Crippen LogP contribution in [0.1, 0.15) is 5.56 Å². The third-order valence-corrected chi connectivity index (χ3v) is 13.1. The van der Waals surface area contributed by atoms with Gasteiger partial charge < -0.3 is 18.8 Å².